The van der Waals surface area contributed by atoms with Crippen LogP contribution < -0.4 is 4.90 Å². The molecular weight excluding hydrogens is 226 g/mol. The molecule has 5 heteroatoms. The van der Waals surface area contributed by atoms with E-state index in [-0.39, 0.29) is 12.5 Å². The molecule has 1 unspecified atom stereocenters. The van der Waals surface area contributed by atoms with Gasteiger partial charge in [0.1, 0.15) is 0 Å². The number of carbonyl (C=O) groups excluding carboxylic acids is 1. The Balaban J connectivity index is 2.30. The number of amides is 1. The first kappa shape index (κ1) is 11.4. The van der Waals surface area contributed by atoms with Crippen LogP contribution in [0.5, 0.6) is 0 Å². The van der Waals surface area contributed by atoms with Crippen molar-refractivity contribution in [2.45, 2.75) is 11.0 Å². The van der Waals surface area contributed by atoms with Gasteiger partial charge in [-0.05, 0) is 12.1 Å². The molecule has 1 aromatic carbocycles. The zero-order valence-corrected chi connectivity index (χ0v) is 9.70. The Hall–Kier alpha value is -1.04. The highest BCUT2D eigenvalue weighted by Crippen LogP contribution is 2.37. The Bertz CT molecular complexity index is 422. The van der Waals surface area contributed by atoms with Gasteiger partial charge in [0.15, 0.2) is 6.10 Å². The summed E-state index contributed by atoms with van der Waals surface area (Å²) < 4.78 is 0. The number of likely N-dealkylation sites (N-methyl/N-ethyl adjacent to an activating group) is 1. The van der Waals surface area contributed by atoms with E-state index in [1.165, 1.54) is 16.7 Å². The molecule has 1 atom stereocenters. The lowest BCUT2D eigenvalue weighted by atomic mass is 10.1. The average molecular weight is 239 g/mol. The summed E-state index contributed by atoms with van der Waals surface area (Å²) >= 11 is 1.52. The molecule has 0 radical (unpaired) electrons. The Morgan fingerprint density at radius 1 is 1.50 bits per heavy atom. The Morgan fingerprint density at radius 3 is 2.94 bits per heavy atom. The fourth-order valence-electron chi connectivity index (χ4n) is 1.73. The summed E-state index contributed by atoms with van der Waals surface area (Å²) in [4.78, 5) is 14.0. The van der Waals surface area contributed by atoms with Crippen molar-refractivity contribution in [3.8, 4) is 0 Å². The lowest BCUT2D eigenvalue weighted by Crippen LogP contribution is -2.23. The van der Waals surface area contributed by atoms with Crippen LogP contribution in [0, 0.1) is 0 Å². The molecule has 1 aliphatic rings. The molecule has 1 aromatic rings. The second kappa shape index (κ2) is 4.45. The number of benzene rings is 1. The number of carbonyl (C=O) groups is 1. The van der Waals surface area contributed by atoms with Gasteiger partial charge in [-0.15, -0.1) is 11.8 Å². The molecule has 0 saturated carbocycles. The van der Waals surface area contributed by atoms with Crippen molar-refractivity contribution in [2.75, 3.05) is 24.3 Å². The van der Waals surface area contributed by atoms with E-state index in [9.17, 15) is 9.90 Å². The lowest BCUT2D eigenvalue weighted by molar-refractivity contribution is -0.125. The molecule has 0 aromatic heterocycles. The fourth-order valence-corrected chi connectivity index (χ4v) is 2.42. The molecule has 1 aliphatic heterocycles. The van der Waals surface area contributed by atoms with Gasteiger partial charge in [-0.25, -0.2) is 0 Å². The molecule has 0 fully saturated rings. The highest BCUT2D eigenvalue weighted by atomic mass is 32.2. The molecule has 86 valence electrons. The fraction of sp³-hybridized carbons (Fsp3) is 0.364. The number of aliphatic hydroxyl groups is 2. The molecule has 0 spiro atoms. The maximum atomic E-state index is 11.5. The third kappa shape index (κ3) is 1.81. The number of hydrogen-bond donors (Lipinski definition) is 2. The van der Waals surface area contributed by atoms with Crippen molar-refractivity contribution in [3.63, 3.8) is 0 Å². The van der Waals surface area contributed by atoms with E-state index in [1.54, 1.807) is 13.1 Å². The number of rotatable bonds is 3. The van der Waals surface area contributed by atoms with Crippen LogP contribution >= 0.6 is 11.8 Å². The number of nitrogens with zero attached hydrogens (tertiary/aromatic N) is 1. The minimum Gasteiger partial charge on any atom is -0.396 e. The van der Waals surface area contributed by atoms with E-state index >= 15 is 0 Å². The molecular formula is C11H13NO3S. The van der Waals surface area contributed by atoms with Crippen molar-refractivity contribution >= 4 is 23.4 Å². The number of anilines is 1. The van der Waals surface area contributed by atoms with E-state index in [2.05, 4.69) is 0 Å². The minimum absolute atomic E-state index is 0.124. The second-order valence-corrected chi connectivity index (χ2v) is 4.76. The maximum Gasteiger partial charge on any atom is 0.260 e. The zero-order valence-electron chi connectivity index (χ0n) is 8.88. The third-order valence-electron chi connectivity index (χ3n) is 2.58. The second-order valence-electron chi connectivity index (χ2n) is 3.59. The summed E-state index contributed by atoms with van der Waals surface area (Å²) in [6.45, 7) is 0.124. The molecule has 2 N–H and O–H groups in total. The monoisotopic (exact) mass is 239 g/mol. The van der Waals surface area contributed by atoms with Crippen LogP contribution in [-0.2, 0) is 4.79 Å². The van der Waals surface area contributed by atoms with Crippen molar-refractivity contribution in [1.82, 2.24) is 0 Å². The SMILES string of the molecule is CN1C(=O)C(O)c2ccc(SCCO)cc21. The van der Waals surface area contributed by atoms with Gasteiger partial charge in [0, 0.05) is 23.3 Å². The average Bonchev–Trinajstić information content (AvgIpc) is 2.52. The van der Waals surface area contributed by atoms with Crippen LogP contribution in [0.1, 0.15) is 11.7 Å². The molecule has 4 nitrogen and oxygen atoms in total. The van der Waals surface area contributed by atoms with Crippen LogP contribution in [0.15, 0.2) is 23.1 Å². The summed E-state index contributed by atoms with van der Waals surface area (Å²) in [6, 6.07) is 5.49. The molecule has 0 bridgehead atoms. The quantitative estimate of drug-likeness (QED) is 0.765. The normalized spacial score (nSPS) is 19.1. The minimum atomic E-state index is -1.03. The van der Waals surface area contributed by atoms with Crippen molar-refractivity contribution in [3.05, 3.63) is 23.8 Å². The van der Waals surface area contributed by atoms with E-state index in [1.807, 2.05) is 12.1 Å². The number of hydrogen-bond acceptors (Lipinski definition) is 4. The van der Waals surface area contributed by atoms with E-state index < -0.39 is 6.10 Å². The smallest absolute Gasteiger partial charge is 0.260 e. The first-order valence-electron chi connectivity index (χ1n) is 4.98. The lowest BCUT2D eigenvalue weighted by Gasteiger charge is -2.10. The molecule has 2 rings (SSSR count). The van der Waals surface area contributed by atoms with Crippen molar-refractivity contribution in [2.24, 2.45) is 0 Å². The predicted octanol–water partition coefficient (Wildman–Crippen LogP) is 0.781. The van der Waals surface area contributed by atoms with Crippen molar-refractivity contribution < 1.29 is 15.0 Å². The molecule has 1 heterocycles. The highest BCUT2D eigenvalue weighted by molar-refractivity contribution is 7.99. The summed E-state index contributed by atoms with van der Waals surface area (Å²) in [7, 11) is 1.65. The number of thioether (sulfide) groups is 1. The summed E-state index contributed by atoms with van der Waals surface area (Å²) in [5.41, 5.74) is 1.40. The third-order valence-corrected chi connectivity index (χ3v) is 3.56. The van der Waals surface area contributed by atoms with E-state index in [0.29, 0.717) is 11.3 Å². The van der Waals surface area contributed by atoms with Gasteiger partial charge in [-0.3, -0.25) is 4.79 Å². The van der Waals surface area contributed by atoms with Gasteiger partial charge in [-0.2, -0.15) is 0 Å². The van der Waals surface area contributed by atoms with Crippen LogP contribution in [-0.4, -0.2) is 35.5 Å². The van der Waals surface area contributed by atoms with Gasteiger partial charge < -0.3 is 15.1 Å². The first-order chi connectivity index (χ1) is 7.65. The van der Waals surface area contributed by atoms with E-state index in [0.717, 1.165) is 10.6 Å². The zero-order chi connectivity index (χ0) is 11.7. The van der Waals surface area contributed by atoms with Gasteiger partial charge in [-0.1, -0.05) is 6.07 Å². The summed E-state index contributed by atoms with van der Waals surface area (Å²) in [5.74, 6) is 0.332. The van der Waals surface area contributed by atoms with Gasteiger partial charge in [0.25, 0.3) is 5.91 Å². The van der Waals surface area contributed by atoms with Crippen LogP contribution in [0.4, 0.5) is 5.69 Å². The highest BCUT2D eigenvalue weighted by Gasteiger charge is 2.33. The van der Waals surface area contributed by atoms with Crippen molar-refractivity contribution in [1.29, 1.82) is 0 Å². The maximum absolute atomic E-state index is 11.5. The van der Waals surface area contributed by atoms with Crippen LogP contribution in [0.3, 0.4) is 0 Å². The Morgan fingerprint density at radius 2 is 2.25 bits per heavy atom. The molecule has 0 aliphatic carbocycles. The molecule has 1 amide bonds. The summed E-state index contributed by atoms with van der Waals surface area (Å²) in [5, 5.41) is 18.4. The predicted molar refractivity (Wildman–Crippen MR) is 62.6 cm³/mol. The van der Waals surface area contributed by atoms with Crippen LogP contribution in [0.25, 0.3) is 0 Å². The number of aliphatic hydroxyl groups excluding tert-OH is 2. The summed E-state index contributed by atoms with van der Waals surface area (Å²) in [6.07, 6.45) is -1.03. The Labute approximate surface area is 97.9 Å². The molecule has 16 heavy (non-hydrogen) atoms. The molecule has 0 saturated heterocycles. The van der Waals surface area contributed by atoms with Gasteiger partial charge >= 0.3 is 0 Å². The van der Waals surface area contributed by atoms with Gasteiger partial charge in [0.2, 0.25) is 0 Å². The standard InChI is InChI=1S/C11H13NO3S/c1-12-9-6-7(16-5-4-13)2-3-8(9)10(14)11(12)15/h2-3,6,10,13-14H,4-5H2,1H3. The number of fused-ring (bicyclic) bond motifs is 1. The van der Waals surface area contributed by atoms with Gasteiger partial charge in [0.05, 0.1) is 12.3 Å². The van der Waals surface area contributed by atoms with E-state index in [4.69, 9.17) is 5.11 Å². The van der Waals surface area contributed by atoms with Crippen LogP contribution in [0.2, 0.25) is 0 Å². The topological polar surface area (TPSA) is 60.8 Å². The largest absolute Gasteiger partial charge is 0.396 e. The first-order valence-corrected chi connectivity index (χ1v) is 5.97. The Kier molecular flexibility index (Phi) is 3.18.